The number of rotatable bonds is 2. The lowest BCUT2D eigenvalue weighted by atomic mass is 10.3. The molecule has 3 N–H and O–H groups in total. The second kappa shape index (κ2) is 4.39. The van der Waals surface area contributed by atoms with Crippen molar-refractivity contribution in [2.24, 2.45) is 0 Å². The highest BCUT2D eigenvalue weighted by molar-refractivity contribution is 5.98. The van der Waals surface area contributed by atoms with Crippen LogP contribution in [0.3, 0.4) is 0 Å². The van der Waals surface area contributed by atoms with Crippen LogP contribution < -0.4 is 10.6 Å². The second-order valence-electron chi connectivity index (χ2n) is 3.10. The molecule has 1 aromatic heterocycles. The summed E-state index contributed by atoms with van der Waals surface area (Å²) in [4.78, 5) is 11.4. The van der Waals surface area contributed by atoms with Crippen molar-refractivity contribution in [3.63, 3.8) is 0 Å². The van der Waals surface area contributed by atoms with E-state index in [1.165, 1.54) is 18.4 Å². The number of hydrogen-bond donors (Lipinski definition) is 3. The van der Waals surface area contributed by atoms with Gasteiger partial charge in [0.25, 0.3) is 0 Å². The van der Waals surface area contributed by atoms with Crippen LogP contribution in [-0.2, 0) is 0 Å². The SMILES string of the molecule is O=C(Nc1ccc(O)cc1)Nc1ccco1. The molecule has 0 fully saturated rings. The number of nitrogens with one attached hydrogen (secondary N) is 2. The minimum Gasteiger partial charge on any atom is -0.508 e. The Hall–Kier alpha value is -2.43. The van der Waals surface area contributed by atoms with Crippen molar-refractivity contribution >= 4 is 17.6 Å². The molecule has 5 heteroatoms. The van der Waals surface area contributed by atoms with E-state index in [0.29, 0.717) is 11.6 Å². The number of hydrogen-bond acceptors (Lipinski definition) is 3. The van der Waals surface area contributed by atoms with Crippen molar-refractivity contribution in [2.75, 3.05) is 10.6 Å². The molecule has 0 atom stereocenters. The number of phenols is 1. The highest BCUT2D eigenvalue weighted by Crippen LogP contribution is 2.14. The average molecular weight is 218 g/mol. The van der Waals surface area contributed by atoms with Gasteiger partial charge in [-0.05, 0) is 30.3 Å². The fourth-order valence-electron chi connectivity index (χ4n) is 1.17. The standard InChI is InChI=1S/C11H10N2O3/c14-9-5-3-8(4-6-9)12-11(15)13-10-2-1-7-16-10/h1-7,14H,(H2,12,13,15). The molecule has 0 aliphatic rings. The predicted octanol–water partition coefficient (Wildman–Crippen LogP) is 2.63. The minimum atomic E-state index is -0.402. The molecule has 16 heavy (non-hydrogen) atoms. The summed E-state index contributed by atoms with van der Waals surface area (Å²) in [5, 5.41) is 14.1. The van der Waals surface area contributed by atoms with E-state index < -0.39 is 6.03 Å². The highest BCUT2D eigenvalue weighted by Gasteiger charge is 2.03. The number of urea groups is 1. The van der Waals surface area contributed by atoms with Gasteiger partial charge in [0, 0.05) is 11.8 Å². The summed E-state index contributed by atoms with van der Waals surface area (Å²) in [7, 11) is 0. The van der Waals surface area contributed by atoms with E-state index in [2.05, 4.69) is 10.6 Å². The van der Waals surface area contributed by atoms with Crippen molar-refractivity contribution in [1.29, 1.82) is 0 Å². The summed E-state index contributed by atoms with van der Waals surface area (Å²) in [5.41, 5.74) is 0.585. The molecule has 2 rings (SSSR count). The van der Waals surface area contributed by atoms with Crippen molar-refractivity contribution < 1.29 is 14.3 Å². The molecule has 5 nitrogen and oxygen atoms in total. The maximum absolute atomic E-state index is 11.4. The Kier molecular flexibility index (Phi) is 2.77. The van der Waals surface area contributed by atoms with Gasteiger partial charge < -0.3 is 14.8 Å². The molecule has 1 aromatic carbocycles. The third-order valence-corrected chi connectivity index (χ3v) is 1.88. The first kappa shape index (κ1) is 10.1. The van der Waals surface area contributed by atoms with Gasteiger partial charge in [-0.1, -0.05) is 0 Å². The largest absolute Gasteiger partial charge is 0.508 e. The summed E-state index contributed by atoms with van der Waals surface area (Å²) < 4.78 is 4.95. The first-order chi connectivity index (χ1) is 7.74. The third-order valence-electron chi connectivity index (χ3n) is 1.88. The Balaban J connectivity index is 1.95. The zero-order chi connectivity index (χ0) is 11.4. The van der Waals surface area contributed by atoms with Gasteiger partial charge in [0.05, 0.1) is 6.26 Å². The number of anilines is 2. The zero-order valence-electron chi connectivity index (χ0n) is 8.31. The van der Waals surface area contributed by atoms with Gasteiger partial charge in [-0.2, -0.15) is 0 Å². The Labute approximate surface area is 91.7 Å². The maximum atomic E-state index is 11.4. The van der Waals surface area contributed by atoms with Crippen LogP contribution in [0.5, 0.6) is 5.75 Å². The van der Waals surface area contributed by atoms with Crippen LogP contribution in [0.2, 0.25) is 0 Å². The molecule has 0 aliphatic heterocycles. The van der Waals surface area contributed by atoms with Crippen LogP contribution in [0.1, 0.15) is 0 Å². The molecule has 0 radical (unpaired) electrons. The van der Waals surface area contributed by atoms with Gasteiger partial charge >= 0.3 is 6.03 Å². The molecule has 0 saturated carbocycles. The fourth-order valence-corrected chi connectivity index (χ4v) is 1.17. The summed E-state index contributed by atoms with van der Waals surface area (Å²) in [6.45, 7) is 0. The number of carbonyl (C=O) groups is 1. The topological polar surface area (TPSA) is 74.5 Å². The third kappa shape index (κ3) is 2.54. The Morgan fingerprint density at radius 3 is 2.50 bits per heavy atom. The monoisotopic (exact) mass is 218 g/mol. The van der Waals surface area contributed by atoms with E-state index >= 15 is 0 Å². The van der Waals surface area contributed by atoms with Crippen LogP contribution in [0.25, 0.3) is 0 Å². The van der Waals surface area contributed by atoms with Crippen LogP contribution >= 0.6 is 0 Å². The van der Waals surface area contributed by atoms with Crippen LogP contribution in [0.4, 0.5) is 16.4 Å². The molecule has 0 aliphatic carbocycles. The molecule has 2 aromatic rings. The molecule has 2 amide bonds. The second-order valence-corrected chi connectivity index (χ2v) is 3.10. The minimum absolute atomic E-state index is 0.150. The molecule has 0 spiro atoms. The fraction of sp³-hybridized carbons (Fsp3) is 0. The van der Waals surface area contributed by atoms with E-state index in [9.17, 15) is 4.79 Å². The number of carbonyl (C=O) groups excluding carboxylic acids is 1. The lowest BCUT2D eigenvalue weighted by Crippen LogP contribution is -2.18. The van der Waals surface area contributed by atoms with Gasteiger partial charge in [-0.15, -0.1) is 0 Å². The Bertz CT molecular complexity index is 462. The van der Waals surface area contributed by atoms with Gasteiger partial charge in [0.15, 0.2) is 0 Å². The number of aromatic hydroxyl groups is 1. The quantitative estimate of drug-likeness (QED) is 0.678. The maximum Gasteiger partial charge on any atom is 0.326 e. The number of furan rings is 1. The van der Waals surface area contributed by atoms with Crippen molar-refractivity contribution in [1.82, 2.24) is 0 Å². The number of phenolic OH excluding ortho intramolecular Hbond substituents is 1. The first-order valence-electron chi connectivity index (χ1n) is 4.64. The zero-order valence-corrected chi connectivity index (χ0v) is 8.31. The molecule has 0 saturated heterocycles. The van der Waals surface area contributed by atoms with Crippen molar-refractivity contribution in [2.45, 2.75) is 0 Å². The van der Waals surface area contributed by atoms with Gasteiger partial charge in [0.2, 0.25) is 5.88 Å². The van der Waals surface area contributed by atoms with Crippen LogP contribution in [-0.4, -0.2) is 11.1 Å². The van der Waals surface area contributed by atoms with Gasteiger partial charge in [-0.3, -0.25) is 5.32 Å². The molecule has 0 bridgehead atoms. The highest BCUT2D eigenvalue weighted by atomic mass is 16.3. The lowest BCUT2D eigenvalue weighted by Gasteiger charge is -2.05. The number of amides is 2. The van der Waals surface area contributed by atoms with E-state index in [4.69, 9.17) is 9.52 Å². The van der Waals surface area contributed by atoms with E-state index in [-0.39, 0.29) is 5.75 Å². The van der Waals surface area contributed by atoms with Crippen molar-refractivity contribution in [3.8, 4) is 5.75 Å². The van der Waals surface area contributed by atoms with E-state index in [1.807, 2.05) is 0 Å². The Morgan fingerprint density at radius 1 is 1.12 bits per heavy atom. The van der Waals surface area contributed by atoms with E-state index in [1.54, 1.807) is 24.3 Å². The van der Waals surface area contributed by atoms with Crippen molar-refractivity contribution in [3.05, 3.63) is 42.7 Å². The van der Waals surface area contributed by atoms with Crippen LogP contribution in [0, 0.1) is 0 Å². The molecular weight excluding hydrogens is 208 g/mol. The number of benzene rings is 1. The van der Waals surface area contributed by atoms with Crippen LogP contribution in [0.15, 0.2) is 47.1 Å². The first-order valence-corrected chi connectivity index (χ1v) is 4.64. The normalized spacial score (nSPS) is 9.75. The summed E-state index contributed by atoms with van der Waals surface area (Å²) in [6, 6.07) is 9.08. The average Bonchev–Trinajstić information content (AvgIpc) is 2.74. The lowest BCUT2D eigenvalue weighted by molar-refractivity contribution is 0.261. The van der Waals surface area contributed by atoms with E-state index in [0.717, 1.165) is 0 Å². The predicted molar refractivity (Wildman–Crippen MR) is 59.5 cm³/mol. The summed E-state index contributed by atoms with van der Waals surface area (Å²) in [5.74, 6) is 0.522. The molecule has 82 valence electrons. The summed E-state index contributed by atoms with van der Waals surface area (Å²) >= 11 is 0. The van der Waals surface area contributed by atoms with Gasteiger partial charge in [0.1, 0.15) is 5.75 Å². The smallest absolute Gasteiger partial charge is 0.326 e. The van der Waals surface area contributed by atoms with Gasteiger partial charge in [-0.25, -0.2) is 4.79 Å². The Morgan fingerprint density at radius 2 is 1.88 bits per heavy atom. The molecule has 1 heterocycles. The summed E-state index contributed by atoms with van der Waals surface area (Å²) in [6.07, 6.45) is 1.47. The molecule has 0 unspecified atom stereocenters. The molecular formula is C11H10N2O3.